The maximum atomic E-state index is 13.7. The van der Waals surface area contributed by atoms with E-state index in [0.29, 0.717) is 17.2 Å². The minimum atomic E-state index is -4.89. The average Bonchev–Trinajstić information content (AvgIpc) is 3.38. The van der Waals surface area contributed by atoms with Crippen molar-refractivity contribution in [3.05, 3.63) is 98.8 Å². The summed E-state index contributed by atoms with van der Waals surface area (Å²) in [6.45, 7) is 0. The first-order chi connectivity index (χ1) is 16.8. The van der Waals surface area contributed by atoms with Crippen LogP contribution in [0.15, 0.2) is 60.7 Å². The van der Waals surface area contributed by atoms with Crippen LogP contribution in [0.25, 0.3) is 0 Å². The summed E-state index contributed by atoms with van der Waals surface area (Å²) in [5, 5.41) is 1.39. The summed E-state index contributed by atoms with van der Waals surface area (Å²) in [7, 11) is 0. The largest absolute Gasteiger partial charge is 0.417 e. The predicted octanol–water partition coefficient (Wildman–Crippen LogP) is 8.10. The number of Topliss-reactive ketones (excluding diaryl/α,β-unsaturated/α-hetero) is 1. The quantitative estimate of drug-likeness (QED) is 0.182. The normalized spacial score (nSPS) is 18.6. The Hall–Kier alpha value is -2.32. The lowest BCUT2D eigenvalue weighted by molar-refractivity contribution is -0.137. The van der Waals surface area contributed by atoms with Crippen molar-refractivity contribution in [2.75, 3.05) is 5.32 Å². The molecule has 1 saturated carbocycles. The first-order valence-electron chi connectivity index (χ1n) is 10.4. The van der Waals surface area contributed by atoms with E-state index in [2.05, 4.69) is 5.32 Å². The molecule has 1 amide bonds. The van der Waals surface area contributed by atoms with Gasteiger partial charge in [-0.1, -0.05) is 59.6 Å². The zero-order valence-corrected chi connectivity index (χ0v) is 21.0. The van der Waals surface area contributed by atoms with Gasteiger partial charge in [-0.3, -0.25) is 9.59 Å². The molecule has 188 valence electrons. The lowest BCUT2D eigenvalue weighted by Gasteiger charge is -2.15. The molecule has 2 atom stereocenters. The molecule has 0 heterocycles. The summed E-state index contributed by atoms with van der Waals surface area (Å²) in [6, 6.07) is 13.9. The Balaban J connectivity index is 1.63. The molecule has 0 bridgehead atoms. The minimum absolute atomic E-state index is 0.197. The zero-order chi connectivity index (χ0) is 26.4. The highest BCUT2D eigenvalue weighted by Gasteiger charge is 2.67. The fraction of sp³-hybridized carbons (Fsp3) is 0.200. The fourth-order valence-electron chi connectivity index (χ4n) is 3.98. The summed E-state index contributed by atoms with van der Waals surface area (Å²) < 4.78 is 53.0. The van der Waals surface area contributed by atoms with Gasteiger partial charge in [0.1, 0.15) is 10.2 Å². The van der Waals surface area contributed by atoms with E-state index >= 15 is 0 Å². The molecule has 3 nitrogen and oxygen atoms in total. The molecule has 3 aromatic rings. The van der Waals surface area contributed by atoms with Crippen LogP contribution in [0.5, 0.6) is 0 Å². The van der Waals surface area contributed by atoms with Gasteiger partial charge < -0.3 is 5.32 Å². The van der Waals surface area contributed by atoms with E-state index < -0.39 is 56.0 Å². The molecule has 0 saturated heterocycles. The molecule has 1 aliphatic carbocycles. The average molecular weight is 579 g/mol. The van der Waals surface area contributed by atoms with E-state index in [9.17, 15) is 27.2 Å². The maximum absolute atomic E-state index is 13.7. The monoisotopic (exact) mass is 577 g/mol. The molecule has 36 heavy (non-hydrogen) atoms. The Morgan fingerprint density at radius 1 is 0.972 bits per heavy atom. The van der Waals surface area contributed by atoms with Gasteiger partial charge in [-0.2, -0.15) is 13.2 Å². The second-order valence-corrected chi connectivity index (χ2v) is 10.5. The van der Waals surface area contributed by atoms with Gasteiger partial charge in [-0.05, 0) is 35.4 Å². The molecule has 1 fully saturated rings. The van der Waals surface area contributed by atoms with Crippen LogP contribution in [0.3, 0.4) is 0 Å². The molecule has 0 radical (unpaired) electrons. The smallest absolute Gasteiger partial charge is 0.326 e. The molecular formula is C25H15Cl4F4NO2. The topological polar surface area (TPSA) is 46.2 Å². The van der Waals surface area contributed by atoms with Crippen molar-refractivity contribution in [2.24, 2.45) is 5.92 Å². The van der Waals surface area contributed by atoms with Gasteiger partial charge >= 0.3 is 6.18 Å². The van der Waals surface area contributed by atoms with E-state index in [4.69, 9.17) is 46.4 Å². The molecule has 2 unspecified atom stereocenters. The van der Waals surface area contributed by atoms with Crippen LogP contribution in [-0.4, -0.2) is 16.0 Å². The highest BCUT2D eigenvalue weighted by molar-refractivity contribution is 6.53. The number of nitrogens with one attached hydrogen (secondary N) is 1. The van der Waals surface area contributed by atoms with Gasteiger partial charge in [0.15, 0.2) is 5.78 Å². The van der Waals surface area contributed by atoms with Crippen LogP contribution in [0, 0.1) is 11.7 Å². The van der Waals surface area contributed by atoms with Gasteiger partial charge in [0.25, 0.3) is 0 Å². The third-order valence-electron chi connectivity index (χ3n) is 5.79. The van der Waals surface area contributed by atoms with Crippen LogP contribution in [0.4, 0.5) is 23.2 Å². The second kappa shape index (κ2) is 9.86. The van der Waals surface area contributed by atoms with Gasteiger partial charge in [-0.15, -0.1) is 23.2 Å². The molecular weight excluding hydrogens is 564 g/mol. The number of benzene rings is 3. The minimum Gasteiger partial charge on any atom is -0.326 e. The van der Waals surface area contributed by atoms with Crippen molar-refractivity contribution in [2.45, 2.75) is 22.8 Å². The zero-order valence-electron chi connectivity index (χ0n) is 18.0. The first-order valence-corrected chi connectivity index (χ1v) is 11.9. The van der Waals surface area contributed by atoms with E-state index in [1.807, 2.05) is 0 Å². The van der Waals surface area contributed by atoms with Crippen LogP contribution in [-0.2, 0) is 17.4 Å². The molecule has 0 spiro atoms. The van der Waals surface area contributed by atoms with E-state index in [1.54, 1.807) is 30.3 Å². The lowest BCUT2D eigenvalue weighted by atomic mass is 9.99. The second-order valence-electron chi connectivity index (χ2n) is 8.26. The number of alkyl halides is 5. The Labute approximate surface area is 223 Å². The summed E-state index contributed by atoms with van der Waals surface area (Å²) in [4.78, 5) is 25.8. The Morgan fingerprint density at radius 2 is 1.64 bits per heavy atom. The van der Waals surface area contributed by atoms with Crippen molar-refractivity contribution in [1.29, 1.82) is 0 Å². The Kier molecular flexibility index (Phi) is 7.32. The van der Waals surface area contributed by atoms with Crippen molar-refractivity contribution in [1.82, 2.24) is 0 Å². The van der Waals surface area contributed by atoms with Crippen molar-refractivity contribution >= 4 is 63.8 Å². The number of hydrogen-bond acceptors (Lipinski definition) is 2. The molecule has 0 aromatic heterocycles. The standard InChI is InChI=1S/C25H15Cl4F4NO2/c26-17-9-13(6-7-18(17)30)20-21(24(20,28)29)23(36)34-14-10-15(22(27)16(11-14)25(31,32)33)19(35)8-12-4-2-1-3-5-12/h1-7,9-11,20-21H,8H2,(H,34,36). The predicted molar refractivity (Wildman–Crippen MR) is 132 cm³/mol. The van der Waals surface area contributed by atoms with Crippen molar-refractivity contribution < 1.29 is 27.2 Å². The Bertz CT molecular complexity index is 1350. The van der Waals surface area contributed by atoms with Crippen molar-refractivity contribution in [3.63, 3.8) is 0 Å². The third kappa shape index (κ3) is 5.35. The number of rotatable bonds is 6. The van der Waals surface area contributed by atoms with Crippen LogP contribution >= 0.6 is 46.4 Å². The summed E-state index contributed by atoms with van der Waals surface area (Å²) >= 11 is 24.3. The lowest BCUT2D eigenvalue weighted by Crippen LogP contribution is -2.19. The molecule has 1 N–H and O–H groups in total. The van der Waals surface area contributed by atoms with E-state index in [0.717, 1.165) is 12.1 Å². The number of anilines is 1. The van der Waals surface area contributed by atoms with Gasteiger partial charge in [0.2, 0.25) is 5.91 Å². The van der Waals surface area contributed by atoms with Gasteiger partial charge in [0.05, 0.1) is 21.5 Å². The van der Waals surface area contributed by atoms with Gasteiger partial charge in [-0.25, -0.2) is 4.39 Å². The first kappa shape index (κ1) is 26.7. The summed E-state index contributed by atoms with van der Waals surface area (Å²) in [5.74, 6) is -3.99. The molecule has 0 aliphatic heterocycles. The third-order valence-corrected chi connectivity index (χ3v) is 7.43. The highest BCUT2D eigenvalue weighted by Crippen LogP contribution is 2.65. The number of ketones is 1. The maximum Gasteiger partial charge on any atom is 0.417 e. The fourth-order valence-corrected chi connectivity index (χ4v) is 5.31. The van der Waals surface area contributed by atoms with Crippen molar-refractivity contribution in [3.8, 4) is 0 Å². The number of carbonyl (C=O) groups is 2. The number of hydrogen-bond donors (Lipinski definition) is 1. The molecule has 11 heteroatoms. The van der Waals surface area contributed by atoms with E-state index in [1.165, 1.54) is 12.1 Å². The number of carbonyl (C=O) groups excluding carboxylic acids is 2. The van der Waals surface area contributed by atoms with E-state index in [-0.39, 0.29) is 17.1 Å². The number of amides is 1. The van der Waals surface area contributed by atoms with Crippen LogP contribution in [0.1, 0.15) is 33.0 Å². The molecule has 1 aliphatic rings. The summed E-state index contributed by atoms with van der Waals surface area (Å²) in [5.41, 5.74) is -1.02. The van der Waals surface area contributed by atoms with Gasteiger partial charge in [0, 0.05) is 23.6 Å². The van der Waals surface area contributed by atoms with Crippen LogP contribution in [0.2, 0.25) is 10.0 Å². The molecule has 4 rings (SSSR count). The highest BCUT2D eigenvalue weighted by atomic mass is 35.5. The Morgan fingerprint density at radius 3 is 2.25 bits per heavy atom. The van der Waals surface area contributed by atoms with Crippen LogP contribution < -0.4 is 5.32 Å². The summed E-state index contributed by atoms with van der Waals surface area (Å²) in [6.07, 6.45) is -5.09. The molecule has 3 aromatic carbocycles. The SMILES string of the molecule is O=C(Cc1ccccc1)c1cc(NC(=O)C2C(c3ccc(F)c(Cl)c3)C2(Cl)Cl)cc(C(F)(F)F)c1Cl. The number of halogens is 8.